The lowest BCUT2D eigenvalue weighted by molar-refractivity contribution is 0.413. The van der Waals surface area contributed by atoms with E-state index in [1.54, 1.807) is 7.11 Å². The second-order valence-electron chi connectivity index (χ2n) is 3.11. The molecule has 0 unspecified atom stereocenters. The Bertz CT molecular complexity index is 355. The fourth-order valence-corrected chi connectivity index (χ4v) is 1.98. The average Bonchev–Trinajstić information content (AvgIpc) is 2.63. The van der Waals surface area contributed by atoms with E-state index in [2.05, 4.69) is 40.2 Å². The molecule has 0 spiro atoms. The zero-order chi connectivity index (χ0) is 9.26. The van der Waals surface area contributed by atoms with Crippen molar-refractivity contribution >= 4 is 22.0 Å². The van der Waals surface area contributed by atoms with E-state index in [0.717, 1.165) is 17.5 Å². The summed E-state index contributed by atoms with van der Waals surface area (Å²) in [6.07, 6.45) is 5.34. The third-order valence-electron chi connectivity index (χ3n) is 2.28. The van der Waals surface area contributed by atoms with Gasteiger partial charge in [0.1, 0.15) is 5.75 Å². The molecule has 2 rings (SSSR count). The lowest BCUT2D eigenvalue weighted by Crippen LogP contribution is -1.92. The Labute approximate surface area is 86.5 Å². The first-order chi connectivity index (χ1) is 6.35. The van der Waals surface area contributed by atoms with Gasteiger partial charge in [0.25, 0.3) is 0 Å². The quantitative estimate of drug-likeness (QED) is 0.720. The molecule has 0 fully saturated rings. The number of allylic oxidation sites excluding steroid dienone is 1. The smallest absolute Gasteiger partial charge is 0.126 e. The van der Waals surface area contributed by atoms with Crippen LogP contribution in [0.3, 0.4) is 0 Å². The summed E-state index contributed by atoms with van der Waals surface area (Å²) in [6.45, 7) is 0. The van der Waals surface area contributed by atoms with Crippen LogP contribution in [-0.2, 0) is 11.8 Å². The summed E-state index contributed by atoms with van der Waals surface area (Å²) in [4.78, 5) is 0. The van der Waals surface area contributed by atoms with Gasteiger partial charge < -0.3 is 4.74 Å². The van der Waals surface area contributed by atoms with E-state index in [0.29, 0.717) is 0 Å². The molecule has 1 nitrogen and oxygen atoms in total. The van der Waals surface area contributed by atoms with Gasteiger partial charge in [0.15, 0.2) is 0 Å². The van der Waals surface area contributed by atoms with E-state index in [4.69, 9.17) is 4.74 Å². The van der Waals surface area contributed by atoms with Gasteiger partial charge in [0.2, 0.25) is 0 Å². The minimum Gasteiger partial charge on any atom is -0.496 e. The Kier molecular flexibility index (Phi) is 2.40. The number of fused-ring (bicyclic) bond motifs is 1. The maximum atomic E-state index is 5.33. The van der Waals surface area contributed by atoms with Crippen molar-refractivity contribution in [3.63, 3.8) is 0 Å². The molecule has 0 saturated carbocycles. The van der Waals surface area contributed by atoms with E-state index in [-0.39, 0.29) is 0 Å². The van der Waals surface area contributed by atoms with Crippen LogP contribution in [0, 0.1) is 0 Å². The Hall–Kier alpha value is -0.760. The van der Waals surface area contributed by atoms with Crippen molar-refractivity contribution in [1.82, 2.24) is 0 Å². The highest BCUT2D eigenvalue weighted by Crippen LogP contribution is 2.31. The van der Waals surface area contributed by atoms with Gasteiger partial charge in [-0.2, -0.15) is 0 Å². The predicted molar refractivity (Wildman–Crippen MR) is 58.4 cm³/mol. The van der Waals surface area contributed by atoms with E-state index >= 15 is 0 Å². The average molecular weight is 239 g/mol. The maximum Gasteiger partial charge on any atom is 0.126 e. The second-order valence-corrected chi connectivity index (χ2v) is 3.67. The predicted octanol–water partition coefficient (Wildman–Crippen LogP) is 3.16. The summed E-state index contributed by atoms with van der Waals surface area (Å²) in [5.41, 5.74) is 3.89. The van der Waals surface area contributed by atoms with Crippen LogP contribution < -0.4 is 4.74 Å². The lowest BCUT2D eigenvalue weighted by Gasteiger charge is -2.08. The standard InChI is InChI=1S/C11H11BrO/c1-13-11-6-8(7-12)5-9-3-2-4-10(9)11/h2,4-6H,3,7H2,1H3. The number of halogens is 1. The summed E-state index contributed by atoms with van der Waals surface area (Å²) in [7, 11) is 1.72. The monoisotopic (exact) mass is 238 g/mol. The van der Waals surface area contributed by atoms with Gasteiger partial charge in [0, 0.05) is 10.9 Å². The molecule has 0 atom stereocenters. The molecule has 1 aromatic carbocycles. The minimum absolute atomic E-state index is 0.886. The Morgan fingerprint density at radius 3 is 3.00 bits per heavy atom. The van der Waals surface area contributed by atoms with Gasteiger partial charge in [-0.3, -0.25) is 0 Å². The molecule has 0 radical (unpaired) electrons. The van der Waals surface area contributed by atoms with Crippen molar-refractivity contribution in [2.75, 3.05) is 7.11 Å². The van der Waals surface area contributed by atoms with Crippen LogP contribution in [0.4, 0.5) is 0 Å². The molecular weight excluding hydrogens is 228 g/mol. The minimum atomic E-state index is 0.886. The van der Waals surface area contributed by atoms with Crippen LogP contribution in [-0.4, -0.2) is 7.11 Å². The fourth-order valence-electron chi connectivity index (χ4n) is 1.66. The SMILES string of the molecule is COc1cc(CBr)cc2c1C=CC2. The van der Waals surface area contributed by atoms with Crippen molar-refractivity contribution < 1.29 is 4.74 Å². The van der Waals surface area contributed by atoms with Crippen LogP contribution in [0.2, 0.25) is 0 Å². The van der Waals surface area contributed by atoms with Crippen molar-refractivity contribution in [2.45, 2.75) is 11.8 Å². The van der Waals surface area contributed by atoms with E-state index in [1.165, 1.54) is 16.7 Å². The summed E-state index contributed by atoms with van der Waals surface area (Å²) >= 11 is 3.45. The summed E-state index contributed by atoms with van der Waals surface area (Å²) in [6, 6.07) is 4.32. The molecule has 2 heteroatoms. The first-order valence-corrected chi connectivity index (χ1v) is 5.39. The Morgan fingerprint density at radius 2 is 2.31 bits per heavy atom. The molecule has 1 aliphatic carbocycles. The highest BCUT2D eigenvalue weighted by Gasteiger charge is 2.11. The topological polar surface area (TPSA) is 9.23 Å². The van der Waals surface area contributed by atoms with E-state index in [1.807, 2.05) is 0 Å². The van der Waals surface area contributed by atoms with Gasteiger partial charge in [-0.05, 0) is 23.6 Å². The van der Waals surface area contributed by atoms with Crippen LogP contribution in [0.25, 0.3) is 6.08 Å². The Morgan fingerprint density at radius 1 is 1.46 bits per heavy atom. The van der Waals surface area contributed by atoms with Gasteiger partial charge in [-0.15, -0.1) is 0 Å². The highest BCUT2D eigenvalue weighted by atomic mass is 79.9. The Balaban J connectivity index is 2.53. The zero-order valence-corrected chi connectivity index (χ0v) is 9.10. The van der Waals surface area contributed by atoms with Crippen molar-refractivity contribution in [3.8, 4) is 5.75 Å². The highest BCUT2D eigenvalue weighted by molar-refractivity contribution is 9.08. The van der Waals surface area contributed by atoms with E-state index in [9.17, 15) is 0 Å². The molecule has 1 aromatic rings. The third kappa shape index (κ3) is 1.51. The molecule has 1 aliphatic rings. The number of methoxy groups -OCH3 is 1. The molecular formula is C11H11BrO. The molecule has 0 amide bonds. The number of rotatable bonds is 2. The molecule has 0 aromatic heterocycles. The number of benzene rings is 1. The first kappa shape index (κ1) is 8.82. The summed E-state index contributed by atoms with van der Waals surface area (Å²) < 4.78 is 5.33. The van der Waals surface area contributed by atoms with Gasteiger partial charge in [-0.1, -0.05) is 34.1 Å². The van der Waals surface area contributed by atoms with Crippen molar-refractivity contribution in [3.05, 3.63) is 34.9 Å². The lowest BCUT2D eigenvalue weighted by atomic mass is 10.1. The summed E-state index contributed by atoms with van der Waals surface area (Å²) in [5.74, 6) is 0.987. The van der Waals surface area contributed by atoms with Crippen LogP contribution in [0.15, 0.2) is 18.2 Å². The van der Waals surface area contributed by atoms with Crippen molar-refractivity contribution in [1.29, 1.82) is 0 Å². The number of ether oxygens (including phenoxy) is 1. The molecule has 0 saturated heterocycles. The zero-order valence-electron chi connectivity index (χ0n) is 7.51. The molecule has 13 heavy (non-hydrogen) atoms. The third-order valence-corrected chi connectivity index (χ3v) is 2.93. The van der Waals surface area contributed by atoms with Crippen molar-refractivity contribution in [2.24, 2.45) is 0 Å². The van der Waals surface area contributed by atoms with Gasteiger partial charge in [0.05, 0.1) is 7.11 Å². The molecule has 0 N–H and O–H groups in total. The van der Waals surface area contributed by atoms with E-state index < -0.39 is 0 Å². The largest absolute Gasteiger partial charge is 0.496 e. The number of hydrogen-bond donors (Lipinski definition) is 0. The number of alkyl halides is 1. The van der Waals surface area contributed by atoms with Crippen LogP contribution in [0.1, 0.15) is 16.7 Å². The second kappa shape index (κ2) is 3.54. The molecule has 68 valence electrons. The molecule has 0 bridgehead atoms. The number of hydrogen-bond acceptors (Lipinski definition) is 1. The van der Waals surface area contributed by atoms with Crippen LogP contribution >= 0.6 is 15.9 Å². The molecule has 0 aliphatic heterocycles. The molecule has 0 heterocycles. The van der Waals surface area contributed by atoms with Gasteiger partial charge >= 0.3 is 0 Å². The fraction of sp³-hybridized carbons (Fsp3) is 0.273. The summed E-state index contributed by atoms with van der Waals surface area (Å²) in [5, 5.41) is 0.886. The van der Waals surface area contributed by atoms with Gasteiger partial charge in [-0.25, -0.2) is 0 Å². The normalized spacial score (nSPS) is 13.1. The first-order valence-electron chi connectivity index (χ1n) is 4.27. The maximum absolute atomic E-state index is 5.33. The van der Waals surface area contributed by atoms with Crippen LogP contribution in [0.5, 0.6) is 5.75 Å².